The second-order valence-electron chi connectivity index (χ2n) is 5.13. The van der Waals surface area contributed by atoms with Gasteiger partial charge in [0.05, 0.1) is 12.8 Å². The molecule has 1 aliphatic carbocycles. The third-order valence-electron chi connectivity index (χ3n) is 3.53. The third-order valence-corrected chi connectivity index (χ3v) is 3.53. The van der Waals surface area contributed by atoms with Crippen molar-refractivity contribution in [3.8, 4) is 5.75 Å². The van der Waals surface area contributed by atoms with Gasteiger partial charge in [-0.15, -0.1) is 0 Å². The number of carboxylic acid groups (broad SMARTS) is 1. The molecule has 1 N–H and O–H groups in total. The monoisotopic (exact) mass is 249 g/mol. The first kappa shape index (κ1) is 12.9. The van der Waals surface area contributed by atoms with Crippen LogP contribution in [0.5, 0.6) is 5.75 Å². The molecule has 1 aromatic rings. The second kappa shape index (κ2) is 5.85. The van der Waals surface area contributed by atoms with Gasteiger partial charge in [0.1, 0.15) is 5.56 Å². The quantitative estimate of drug-likeness (QED) is 0.891. The van der Waals surface area contributed by atoms with Gasteiger partial charge < -0.3 is 9.84 Å². The van der Waals surface area contributed by atoms with Gasteiger partial charge in [-0.3, -0.25) is 4.98 Å². The summed E-state index contributed by atoms with van der Waals surface area (Å²) in [5.41, 5.74) is 0.189. The molecule has 1 heterocycles. The topological polar surface area (TPSA) is 59.4 Å². The Balaban J connectivity index is 1.95. The molecule has 0 spiro atoms. The number of rotatable bonds is 4. The van der Waals surface area contributed by atoms with Gasteiger partial charge in [0.2, 0.25) is 0 Å². The molecule has 4 heteroatoms. The average molecular weight is 249 g/mol. The lowest BCUT2D eigenvalue weighted by molar-refractivity contribution is 0.0690. The third kappa shape index (κ3) is 3.22. The van der Waals surface area contributed by atoms with Crippen LogP contribution in [0, 0.1) is 11.8 Å². The Bertz CT molecular complexity index is 419. The van der Waals surface area contributed by atoms with Crippen LogP contribution in [0.2, 0.25) is 0 Å². The molecule has 4 nitrogen and oxygen atoms in total. The van der Waals surface area contributed by atoms with Crippen LogP contribution < -0.4 is 4.74 Å². The molecule has 0 aromatic carbocycles. The largest absolute Gasteiger partial charge is 0.491 e. The SMILES string of the molecule is CC1CCCC(COc2cnccc2C(=O)O)C1. The Hall–Kier alpha value is -1.58. The minimum Gasteiger partial charge on any atom is -0.491 e. The van der Waals surface area contributed by atoms with Crippen LogP contribution in [-0.4, -0.2) is 22.7 Å². The summed E-state index contributed by atoms with van der Waals surface area (Å²) < 4.78 is 5.64. The Labute approximate surface area is 107 Å². The first-order chi connectivity index (χ1) is 8.66. The van der Waals surface area contributed by atoms with Crippen LogP contribution in [0.3, 0.4) is 0 Å². The molecular weight excluding hydrogens is 230 g/mol. The number of aromatic carboxylic acids is 1. The van der Waals surface area contributed by atoms with E-state index in [4.69, 9.17) is 9.84 Å². The molecular formula is C14H19NO3. The van der Waals surface area contributed by atoms with Crippen LogP contribution >= 0.6 is 0 Å². The van der Waals surface area contributed by atoms with Crippen molar-refractivity contribution in [2.75, 3.05) is 6.61 Å². The van der Waals surface area contributed by atoms with E-state index in [1.807, 2.05) is 0 Å². The highest BCUT2D eigenvalue weighted by Crippen LogP contribution is 2.29. The van der Waals surface area contributed by atoms with Gasteiger partial charge in [-0.05, 0) is 30.7 Å². The average Bonchev–Trinajstić information content (AvgIpc) is 2.37. The summed E-state index contributed by atoms with van der Waals surface area (Å²) in [5, 5.41) is 9.04. The highest BCUT2D eigenvalue weighted by Gasteiger charge is 2.20. The molecule has 18 heavy (non-hydrogen) atoms. The van der Waals surface area contributed by atoms with Crippen molar-refractivity contribution in [2.45, 2.75) is 32.6 Å². The first-order valence-corrected chi connectivity index (χ1v) is 6.47. The molecule has 98 valence electrons. The number of ether oxygens (including phenoxy) is 1. The number of nitrogens with zero attached hydrogens (tertiary/aromatic N) is 1. The summed E-state index contributed by atoms with van der Waals surface area (Å²) >= 11 is 0. The van der Waals surface area contributed by atoms with E-state index in [1.165, 1.54) is 44.1 Å². The van der Waals surface area contributed by atoms with Crippen molar-refractivity contribution >= 4 is 5.97 Å². The number of hydrogen-bond acceptors (Lipinski definition) is 3. The number of carbonyl (C=O) groups is 1. The van der Waals surface area contributed by atoms with Crippen molar-refractivity contribution in [3.05, 3.63) is 24.0 Å². The van der Waals surface area contributed by atoms with Crippen LogP contribution in [0.4, 0.5) is 0 Å². The highest BCUT2D eigenvalue weighted by molar-refractivity contribution is 5.90. The Morgan fingerprint density at radius 3 is 3.11 bits per heavy atom. The standard InChI is InChI=1S/C14H19NO3/c1-10-3-2-4-11(7-10)9-18-13-8-15-6-5-12(13)14(16)17/h5-6,8,10-11H,2-4,7,9H2,1H3,(H,16,17). The number of pyridine rings is 1. The summed E-state index contributed by atoms with van der Waals surface area (Å²) in [4.78, 5) is 14.9. The van der Waals surface area contributed by atoms with Gasteiger partial charge >= 0.3 is 5.97 Å². The zero-order valence-electron chi connectivity index (χ0n) is 10.6. The zero-order valence-corrected chi connectivity index (χ0v) is 10.6. The predicted molar refractivity (Wildman–Crippen MR) is 67.8 cm³/mol. The van der Waals surface area contributed by atoms with Crippen LogP contribution in [0.15, 0.2) is 18.5 Å². The van der Waals surface area contributed by atoms with E-state index >= 15 is 0 Å². The number of carboxylic acids is 1. The van der Waals surface area contributed by atoms with E-state index in [-0.39, 0.29) is 5.56 Å². The van der Waals surface area contributed by atoms with Gasteiger partial charge in [-0.2, -0.15) is 0 Å². The Morgan fingerprint density at radius 2 is 2.39 bits per heavy atom. The number of hydrogen-bond donors (Lipinski definition) is 1. The maximum Gasteiger partial charge on any atom is 0.339 e. The minimum absolute atomic E-state index is 0.189. The summed E-state index contributed by atoms with van der Waals surface area (Å²) in [6.45, 7) is 2.86. The lowest BCUT2D eigenvalue weighted by Gasteiger charge is -2.26. The summed E-state index contributed by atoms with van der Waals surface area (Å²) in [5.74, 6) is 0.698. The molecule has 2 unspecified atom stereocenters. The van der Waals surface area contributed by atoms with Gasteiger partial charge in [0, 0.05) is 6.20 Å². The minimum atomic E-state index is -0.968. The fourth-order valence-electron chi connectivity index (χ4n) is 2.59. The lowest BCUT2D eigenvalue weighted by Crippen LogP contribution is -2.20. The van der Waals surface area contributed by atoms with Crippen molar-refractivity contribution in [1.29, 1.82) is 0 Å². The molecule has 0 radical (unpaired) electrons. The molecule has 1 saturated carbocycles. The van der Waals surface area contributed by atoms with Crippen LogP contribution in [0.1, 0.15) is 43.0 Å². The summed E-state index contributed by atoms with van der Waals surface area (Å²) in [7, 11) is 0. The van der Waals surface area contributed by atoms with Gasteiger partial charge in [-0.25, -0.2) is 4.79 Å². The maximum absolute atomic E-state index is 11.0. The van der Waals surface area contributed by atoms with Gasteiger partial charge in [0.25, 0.3) is 0 Å². The van der Waals surface area contributed by atoms with Gasteiger partial charge in [-0.1, -0.05) is 19.8 Å². The van der Waals surface area contributed by atoms with Crippen molar-refractivity contribution in [1.82, 2.24) is 4.98 Å². The van der Waals surface area contributed by atoms with Crippen molar-refractivity contribution < 1.29 is 14.6 Å². The summed E-state index contributed by atoms with van der Waals surface area (Å²) in [6, 6.07) is 1.47. The predicted octanol–water partition coefficient (Wildman–Crippen LogP) is 2.98. The molecule has 1 aliphatic rings. The van der Waals surface area contributed by atoms with E-state index in [2.05, 4.69) is 11.9 Å². The zero-order chi connectivity index (χ0) is 13.0. The Morgan fingerprint density at radius 1 is 1.56 bits per heavy atom. The maximum atomic E-state index is 11.0. The van der Waals surface area contributed by atoms with Crippen LogP contribution in [0.25, 0.3) is 0 Å². The fourth-order valence-corrected chi connectivity index (χ4v) is 2.59. The second-order valence-corrected chi connectivity index (χ2v) is 5.13. The summed E-state index contributed by atoms with van der Waals surface area (Å²) in [6.07, 6.45) is 7.84. The molecule has 2 rings (SSSR count). The van der Waals surface area contributed by atoms with E-state index in [0.29, 0.717) is 18.3 Å². The molecule has 1 fully saturated rings. The van der Waals surface area contributed by atoms with E-state index in [1.54, 1.807) is 0 Å². The normalized spacial score (nSPS) is 23.6. The van der Waals surface area contributed by atoms with E-state index < -0.39 is 5.97 Å². The highest BCUT2D eigenvalue weighted by atomic mass is 16.5. The molecule has 0 amide bonds. The lowest BCUT2D eigenvalue weighted by atomic mass is 9.83. The molecule has 2 atom stereocenters. The first-order valence-electron chi connectivity index (χ1n) is 6.47. The molecule has 0 bridgehead atoms. The van der Waals surface area contributed by atoms with Gasteiger partial charge in [0.15, 0.2) is 5.75 Å². The Kier molecular flexibility index (Phi) is 4.18. The van der Waals surface area contributed by atoms with E-state index in [9.17, 15) is 4.79 Å². The molecule has 0 aliphatic heterocycles. The van der Waals surface area contributed by atoms with Crippen molar-refractivity contribution in [3.63, 3.8) is 0 Å². The smallest absolute Gasteiger partial charge is 0.339 e. The van der Waals surface area contributed by atoms with E-state index in [0.717, 1.165) is 5.92 Å². The fraction of sp³-hybridized carbons (Fsp3) is 0.571. The van der Waals surface area contributed by atoms with Crippen molar-refractivity contribution in [2.24, 2.45) is 11.8 Å². The van der Waals surface area contributed by atoms with Crippen LogP contribution in [-0.2, 0) is 0 Å². The number of aromatic nitrogens is 1. The molecule has 0 saturated heterocycles. The molecule has 1 aromatic heterocycles.